The van der Waals surface area contributed by atoms with Gasteiger partial charge in [0, 0.05) is 12.2 Å². The fourth-order valence-electron chi connectivity index (χ4n) is 4.39. The van der Waals surface area contributed by atoms with Gasteiger partial charge in [0.2, 0.25) is 0 Å². The lowest BCUT2D eigenvalue weighted by Gasteiger charge is -2.39. The van der Waals surface area contributed by atoms with E-state index in [1.165, 1.54) is 30.5 Å². The molecular weight excluding hydrogens is 312 g/mol. The summed E-state index contributed by atoms with van der Waals surface area (Å²) in [4.78, 5) is 12.3. The van der Waals surface area contributed by atoms with Crippen LogP contribution in [0.15, 0.2) is 52.7 Å². The number of benzene rings is 1. The van der Waals surface area contributed by atoms with Crippen LogP contribution in [0.2, 0.25) is 0 Å². The van der Waals surface area contributed by atoms with Gasteiger partial charge in [-0.25, -0.2) is 10.2 Å². The normalized spacial score (nSPS) is 22.6. The standard InChI is InChI=1S/C21H26N2O2/c1-15-12-19-18-9-5-8-17(18)10-11-20(19)23(13-15)22-21(24)25-14-16-6-3-2-4-7-16/h2-4,6-7,15H,5,8-14H2,1H3,(H,22,24). The van der Waals surface area contributed by atoms with Crippen LogP contribution in [0.4, 0.5) is 4.79 Å². The summed E-state index contributed by atoms with van der Waals surface area (Å²) in [7, 11) is 0. The van der Waals surface area contributed by atoms with E-state index in [0.717, 1.165) is 31.4 Å². The van der Waals surface area contributed by atoms with Gasteiger partial charge >= 0.3 is 6.09 Å². The van der Waals surface area contributed by atoms with Crippen molar-refractivity contribution in [1.82, 2.24) is 10.4 Å². The number of carbonyl (C=O) groups excluding carboxylic acids is 1. The molecule has 1 amide bonds. The molecule has 0 aromatic heterocycles. The van der Waals surface area contributed by atoms with Crippen LogP contribution in [0, 0.1) is 5.92 Å². The molecule has 1 aliphatic heterocycles. The van der Waals surface area contributed by atoms with Gasteiger partial charge in [0.15, 0.2) is 0 Å². The van der Waals surface area contributed by atoms with Crippen molar-refractivity contribution in [3.63, 3.8) is 0 Å². The summed E-state index contributed by atoms with van der Waals surface area (Å²) in [6.45, 7) is 3.43. The van der Waals surface area contributed by atoms with Gasteiger partial charge in [-0.15, -0.1) is 0 Å². The molecule has 0 spiro atoms. The summed E-state index contributed by atoms with van der Waals surface area (Å²) in [6, 6.07) is 9.80. The number of hydrogen-bond donors (Lipinski definition) is 1. The fourth-order valence-corrected chi connectivity index (χ4v) is 4.39. The van der Waals surface area contributed by atoms with Crippen molar-refractivity contribution in [2.75, 3.05) is 6.54 Å². The number of amides is 1. The third-order valence-corrected chi connectivity index (χ3v) is 5.52. The molecule has 1 aromatic carbocycles. The highest BCUT2D eigenvalue weighted by atomic mass is 16.6. The maximum Gasteiger partial charge on any atom is 0.426 e. The molecule has 0 fully saturated rings. The maximum atomic E-state index is 12.3. The number of carbonyl (C=O) groups is 1. The number of rotatable bonds is 3. The second-order valence-electron chi connectivity index (χ2n) is 7.45. The average Bonchev–Trinajstić information content (AvgIpc) is 3.10. The first-order chi connectivity index (χ1) is 12.2. The number of hydrazine groups is 1. The van der Waals surface area contributed by atoms with Crippen molar-refractivity contribution in [3.8, 4) is 0 Å². The third-order valence-electron chi connectivity index (χ3n) is 5.52. The molecule has 1 atom stereocenters. The van der Waals surface area contributed by atoms with Crippen LogP contribution >= 0.6 is 0 Å². The van der Waals surface area contributed by atoms with Crippen LogP contribution in [-0.2, 0) is 11.3 Å². The molecular formula is C21H26N2O2. The van der Waals surface area contributed by atoms with E-state index in [1.54, 1.807) is 11.1 Å². The van der Waals surface area contributed by atoms with Gasteiger partial charge in [0.1, 0.15) is 6.61 Å². The lowest BCUT2D eigenvalue weighted by Crippen LogP contribution is -2.47. The summed E-state index contributed by atoms with van der Waals surface area (Å²) in [6.07, 6.45) is 6.75. The zero-order valence-corrected chi connectivity index (χ0v) is 14.9. The zero-order valence-electron chi connectivity index (χ0n) is 14.9. The van der Waals surface area contributed by atoms with Gasteiger partial charge in [-0.05, 0) is 61.2 Å². The molecule has 1 aromatic rings. The van der Waals surface area contributed by atoms with Crippen LogP contribution in [0.5, 0.6) is 0 Å². The van der Waals surface area contributed by atoms with E-state index in [4.69, 9.17) is 4.74 Å². The summed E-state index contributed by atoms with van der Waals surface area (Å²) in [5.74, 6) is 0.542. The fraction of sp³-hybridized carbons (Fsp3) is 0.476. The van der Waals surface area contributed by atoms with Crippen molar-refractivity contribution in [2.24, 2.45) is 5.92 Å². The molecule has 1 heterocycles. The Morgan fingerprint density at radius 3 is 2.84 bits per heavy atom. The van der Waals surface area contributed by atoms with Crippen molar-refractivity contribution < 1.29 is 9.53 Å². The molecule has 0 saturated heterocycles. The number of hydrogen-bond acceptors (Lipinski definition) is 3. The molecule has 3 aliphatic rings. The number of nitrogens with zero attached hydrogens (tertiary/aromatic N) is 1. The van der Waals surface area contributed by atoms with E-state index in [1.807, 2.05) is 30.3 Å². The predicted octanol–water partition coefficient (Wildman–Crippen LogP) is 4.70. The van der Waals surface area contributed by atoms with Crippen molar-refractivity contribution in [2.45, 2.75) is 52.1 Å². The van der Waals surface area contributed by atoms with Gasteiger partial charge in [0.25, 0.3) is 0 Å². The Hall–Kier alpha value is -2.23. The number of fused-ring (bicyclic) bond motifs is 1. The van der Waals surface area contributed by atoms with E-state index in [0.29, 0.717) is 12.5 Å². The number of ether oxygens (including phenoxy) is 1. The van der Waals surface area contributed by atoms with E-state index in [9.17, 15) is 4.79 Å². The van der Waals surface area contributed by atoms with Crippen molar-refractivity contribution in [3.05, 3.63) is 58.3 Å². The molecule has 0 saturated carbocycles. The number of nitrogens with one attached hydrogen (secondary N) is 1. The van der Waals surface area contributed by atoms with Crippen LogP contribution in [-0.4, -0.2) is 17.6 Å². The molecule has 0 bridgehead atoms. The quantitative estimate of drug-likeness (QED) is 0.869. The minimum absolute atomic E-state index is 0.303. The highest BCUT2D eigenvalue weighted by Gasteiger charge is 2.33. The Labute approximate surface area is 149 Å². The maximum absolute atomic E-state index is 12.3. The van der Waals surface area contributed by atoms with Crippen molar-refractivity contribution >= 4 is 6.09 Å². The molecule has 4 heteroatoms. The lowest BCUT2D eigenvalue weighted by molar-refractivity contribution is 0.101. The van der Waals surface area contributed by atoms with Crippen molar-refractivity contribution in [1.29, 1.82) is 0 Å². The molecule has 0 radical (unpaired) electrons. The van der Waals surface area contributed by atoms with Gasteiger partial charge < -0.3 is 4.74 Å². The van der Waals surface area contributed by atoms with E-state index >= 15 is 0 Å². The van der Waals surface area contributed by atoms with E-state index < -0.39 is 0 Å². The SMILES string of the molecule is CC1CC2=C(CCC3=C2CCC3)N(NC(=O)OCc2ccccc2)C1. The molecule has 25 heavy (non-hydrogen) atoms. The summed E-state index contributed by atoms with van der Waals surface area (Å²) in [5, 5.41) is 2.05. The highest BCUT2D eigenvalue weighted by Crippen LogP contribution is 2.45. The van der Waals surface area contributed by atoms with E-state index in [-0.39, 0.29) is 6.09 Å². The van der Waals surface area contributed by atoms with Gasteiger partial charge in [-0.1, -0.05) is 42.8 Å². The topological polar surface area (TPSA) is 41.6 Å². The molecule has 2 aliphatic carbocycles. The smallest absolute Gasteiger partial charge is 0.426 e. The Bertz CT molecular complexity index is 721. The average molecular weight is 338 g/mol. The molecule has 1 N–H and O–H groups in total. The van der Waals surface area contributed by atoms with E-state index in [2.05, 4.69) is 17.4 Å². The third kappa shape index (κ3) is 3.44. The first-order valence-electron chi connectivity index (χ1n) is 9.39. The van der Waals surface area contributed by atoms with Gasteiger partial charge in [-0.2, -0.15) is 0 Å². The Morgan fingerprint density at radius 2 is 2.00 bits per heavy atom. The first-order valence-corrected chi connectivity index (χ1v) is 9.39. The summed E-state index contributed by atoms with van der Waals surface area (Å²) < 4.78 is 5.41. The summed E-state index contributed by atoms with van der Waals surface area (Å²) in [5.41, 5.74) is 10.1. The largest absolute Gasteiger partial charge is 0.443 e. The molecule has 4 rings (SSSR count). The molecule has 4 nitrogen and oxygen atoms in total. The Balaban J connectivity index is 1.44. The van der Waals surface area contributed by atoms with Gasteiger partial charge in [0.05, 0.1) is 0 Å². The zero-order chi connectivity index (χ0) is 17.2. The minimum atomic E-state index is -0.365. The second kappa shape index (κ2) is 6.95. The Kier molecular flexibility index (Phi) is 4.51. The van der Waals surface area contributed by atoms with Crippen LogP contribution in [0.25, 0.3) is 0 Å². The molecule has 1 unspecified atom stereocenters. The highest BCUT2D eigenvalue weighted by molar-refractivity contribution is 5.67. The summed E-state index contributed by atoms with van der Waals surface area (Å²) >= 11 is 0. The Morgan fingerprint density at radius 1 is 1.16 bits per heavy atom. The van der Waals surface area contributed by atoms with Crippen LogP contribution in [0.3, 0.4) is 0 Å². The first kappa shape index (κ1) is 16.2. The van der Waals surface area contributed by atoms with Crippen LogP contribution in [0.1, 0.15) is 51.0 Å². The molecule has 132 valence electrons. The lowest BCUT2D eigenvalue weighted by atomic mass is 9.82. The minimum Gasteiger partial charge on any atom is -0.443 e. The predicted molar refractivity (Wildman–Crippen MR) is 97.4 cm³/mol. The number of allylic oxidation sites excluding steroid dienone is 4. The van der Waals surface area contributed by atoms with Crippen LogP contribution < -0.4 is 5.43 Å². The van der Waals surface area contributed by atoms with Gasteiger partial charge in [-0.3, -0.25) is 5.01 Å². The monoisotopic (exact) mass is 338 g/mol. The second-order valence-corrected chi connectivity index (χ2v) is 7.45.